The topological polar surface area (TPSA) is 71.2 Å². The van der Waals surface area contributed by atoms with Crippen molar-refractivity contribution in [3.63, 3.8) is 0 Å². The fourth-order valence-corrected chi connectivity index (χ4v) is 3.36. The standard InChI is InChI=1S/C23H25ClN4O/c1-28(2)14-12-21(22-19(25)10-6-13-26-22)27-20-11-4-3-9-18(20)23(29)16-7-5-8-17(24)15-16/h3-11,13,15,21,27H,12,14,25H2,1-2H3. The maximum Gasteiger partial charge on any atom is 0.195 e. The summed E-state index contributed by atoms with van der Waals surface area (Å²) in [6, 6.07) is 18.0. The predicted octanol–water partition coefficient (Wildman–Crippen LogP) is 4.65. The molecule has 2 aromatic carbocycles. The van der Waals surface area contributed by atoms with Crippen molar-refractivity contribution in [3.8, 4) is 0 Å². The van der Waals surface area contributed by atoms with Gasteiger partial charge in [-0.2, -0.15) is 0 Å². The van der Waals surface area contributed by atoms with Crippen LogP contribution in [0.2, 0.25) is 5.02 Å². The Kier molecular flexibility index (Phi) is 6.86. The van der Waals surface area contributed by atoms with Gasteiger partial charge in [0.25, 0.3) is 0 Å². The Morgan fingerprint density at radius 1 is 1.14 bits per heavy atom. The number of carbonyl (C=O) groups is 1. The van der Waals surface area contributed by atoms with E-state index >= 15 is 0 Å². The number of halogens is 1. The summed E-state index contributed by atoms with van der Waals surface area (Å²) in [4.78, 5) is 19.7. The van der Waals surface area contributed by atoms with Crippen LogP contribution < -0.4 is 11.1 Å². The molecule has 0 spiro atoms. The van der Waals surface area contributed by atoms with Crippen molar-refractivity contribution < 1.29 is 4.79 Å². The van der Waals surface area contributed by atoms with Gasteiger partial charge in [0.1, 0.15) is 0 Å². The molecule has 5 nitrogen and oxygen atoms in total. The number of nitrogens with two attached hydrogens (primary N) is 1. The SMILES string of the molecule is CN(C)CCC(Nc1ccccc1C(=O)c1cccc(Cl)c1)c1ncccc1N. The molecular weight excluding hydrogens is 384 g/mol. The number of carbonyl (C=O) groups excluding carboxylic acids is 1. The van der Waals surface area contributed by atoms with Gasteiger partial charge in [-0.05, 0) is 63.5 Å². The molecule has 3 N–H and O–H groups in total. The van der Waals surface area contributed by atoms with Gasteiger partial charge in [0.15, 0.2) is 5.78 Å². The molecule has 1 heterocycles. The molecule has 0 radical (unpaired) electrons. The zero-order chi connectivity index (χ0) is 20.8. The Labute approximate surface area is 176 Å². The van der Waals surface area contributed by atoms with E-state index in [1.807, 2.05) is 50.5 Å². The Hall–Kier alpha value is -2.89. The molecular formula is C23H25ClN4O. The number of aromatic nitrogens is 1. The van der Waals surface area contributed by atoms with Crippen molar-refractivity contribution in [2.45, 2.75) is 12.5 Å². The van der Waals surface area contributed by atoms with Gasteiger partial charge in [-0.3, -0.25) is 9.78 Å². The smallest absolute Gasteiger partial charge is 0.195 e. The van der Waals surface area contributed by atoms with Crippen molar-refractivity contribution in [3.05, 3.63) is 88.7 Å². The van der Waals surface area contributed by atoms with Crippen LogP contribution in [0.25, 0.3) is 0 Å². The van der Waals surface area contributed by atoms with Gasteiger partial charge < -0.3 is 16.0 Å². The number of nitrogens with one attached hydrogen (secondary N) is 1. The second-order valence-corrected chi connectivity index (χ2v) is 7.59. The average molecular weight is 409 g/mol. The maximum absolute atomic E-state index is 13.1. The summed E-state index contributed by atoms with van der Waals surface area (Å²) >= 11 is 6.07. The summed E-state index contributed by atoms with van der Waals surface area (Å²) in [6.07, 6.45) is 2.52. The molecule has 0 bridgehead atoms. The van der Waals surface area contributed by atoms with Crippen molar-refractivity contribution in [2.75, 3.05) is 31.7 Å². The number of pyridine rings is 1. The summed E-state index contributed by atoms with van der Waals surface area (Å²) in [5.74, 6) is -0.0871. The van der Waals surface area contributed by atoms with Crippen LogP contribution in [-0.4, -0.2) is 36.3 Å². The molecule has 0 saturated carbocycles. The fourth-order valence-electron chi connectivity index (χ4n) is 3.17. The molecule has 1 atom stereocenters. The largest absolute Gasteiger partial charge is 0.397 e. The lowest BCUT2D eigenvalue weighted by molar-refractivity contribution is 0.103. The first kappa shape index (κ1) is 20.8. The van der Waals surface area contributed by atoms with E-state index in [-0.39, 0.29) is 11.8 Å². The first-order valence-corrected chi connectivity index (χ1v) is 9.84. The Morgan fingerprint density at radius 3 is 2.66 bits per heavy atom. The molecule has 3 rings (SSSR count). The van der Waals surface area contributed by atoms with E-state index < -0.39 is 0 Å². The number of para-hydroxylation sites is 1. The molecule has 0 amide bonds. The molecule has 6 heteroatoms. The van der Waals surface area contributed by atoms with E-state index in [2.05, 4.69) is 15.2 Å². The number of benzene rings is 2. The highest BCUT2D eigenvalue weighted by Crippen LogP contribution is 2.28. The lowest BCUT2D eigenvalue weighted by atomic mass is 10.00. The molecule has 0 aliphatic rings. The third kappa shape index (κ3) is 5.34. The highest BCUT2D eigenvalue weighted by molar-refractivity contribution is 6.31. The Balaban J connectivity index is 1.94. The summed E-state index contributed by atoms with van der Waals surface area (Å²) in [5, 5.41) is 4.04. The van der Waals surface area contributed by atoms with Gasteiger partial charge in [-0.15, -0.1) is 0 Å². The van der Waals surface area contributed by atoms with E-state index in [9.17, 15) is 4.79 Å². The van der Waals surface area contributed by atoms with E-state index in [4.69, 9.17) is 17.3 Å². The second-order valence-electron chi connectivity index (χ2n) is 7.15. The van der Waals surface area contributed by atoms with Gasteiger partial charge in [0.2, 0.25) is 0 Å². The van der Waals surface area contributed by atoms with Crippen LogP contribution in [0.15, 0.2) is 66.9 Å². The van der Waals surface area contributed by atoms with Crippen molar-refractivity contribution >= 4 is 28.8 Å². The van der Waals surface area contributed by atoms with Crippen molar-refractivity contribution in [1.29, 1.82) is 0 Å². The first-order valence-electron chi connectivity index (χ1n) is 9.46. The Bertz CT molecular complexity index is 990. The molecule has 3 aromatic rings. The monoisotopic (exact) mass is 408 g/mol. The molecule has 0 aliphatic carbocycles. The van der Waals surface area contributed by atoms with Gasteiger partial charge in [-0.25, -0.2) is 0 Å². The summed E-state index contributed by atoms with van der Waals surface area (Å²) < 4.78 is 0. The van der Waals surface area contributed by atoms with Gasteiger partial charge >= 0.3 is 0 Å². The minimum absolute atomic E-state index is 0.0871. The lowest BCUT2D eigenvalue weighted by Crippen LogP contribution is -2.22. The maximum atomic E-state index is 13.1. The molecule has 1 unspecified atom stereocenters. The van der Waals surface area contributed by atoms with E-state index in [0.717, 1.165) is 24.3 Å². The van der Waals surface area contributed by atoms with Crippen LogP contribution in [-0.2, 0) is 0 Å². The number of rotatable bonds is 8. The Morgan fingerprint density at radius 2 is 1.93 bits per heavy atom. The number of hydrogen-bond donors (Lipinski definition) is 2. The van der Waals surface area contributed by atoms with E-state index in [0.29, 0.717) is 21.8 Å². The molecule has 29 heavy (non-hydrogen) atoms. The number of anilines is 2. The van der Waals surface area contributed by atoms with Gasteiger partial charge in [0, 0.05) is 28.0 Å². The minimum Gasteiger partial charge on any atom is -0.397 e. The highest BCUT2D eigenvalue weighted by atomic mass is 35.5. The van der Waals surface area contributed by atoms with Crippen LogP contribution in [0.3, 0.4) is 0 Å². The number of nitrogen functional groups attached to an aromatic ring is 1. The third-order valence-corrected chi connectivity index (χ3v) is 4.89. The van der Waals surface area contributed by atoms with Crippen LogP contribution >= 0.6 is 11.6 Å². The van der Waals surface area contributed by atoms with Crippen LogP contribution in [0.5, 0.6) is 0 Å². The van der Waals surface area contributed by atoms with Crippen LogP contribution in [0, 0.1) is 0 Å². The number of nitrogens with zero attached hydrogens (tertiary/aromatic N) is 2. The molecule has 0 aliphatic heterocycles. The fraction of sp³-hybridized carbons (Fsp3) is 0.217. The zero-order valence-corrected chi connectivity index (χ0v) is 17.4. The van der Waals surface area contributed by atoms with Crippen LogP contribution in [0.4, 0.5) is 11.4 Å². The number of ketones is 1. The van der Waals surface area contributed by atoms with Crippen molar-refractivity contribution in [1.82, 2.24) is 9.88 Å². The van der Waals surface area contributed by atoms with Crippen LogP contribution in [0.1, 0.15) is 34.1 Å². The third-order valence-electron chi connectivity index (χ3n) is 4.65. The average Bonchev–Trinajstić information content (AvgIpc) is 2.71. The summed E-state index contributed by atoms with van der Waals surface area (Å²) in [7, 11) is 4.05. The van der Waals surface area contributed by atoms with Crippen molar-refractivity contribution in [2.24, 2.45) is 0 Å². The van der Waals surface area contributed by atoms with Gasteiger partial charge in [-0.1, -0.05) is 35.9 Å². The lowest BCUT2D eigenvalue weighted by Gasteiger charge is -2.23. The first-order chi connectivity index (χ1) is 14.0. The van der Waals surface area contributed by atoms with Gasteiger partial charge in [0.05, 0.1) is 17.4 Å². The van der Waals surface area contributed by atoms with E-state index in [1.165, 1.54) is 0 Å². The molecule has 0 fully saturated rings. The zero-order valence-electron chi connectivity index (χ0n) is 16.6. The predicted molar refractivity (Wildman–Crippen MR) is 120 cm³/mol. The summed E-state index contributed by atoms with van der Waals surface area (Å²) in [6.45, 7) is 0.845. The minimum atomic E-state index is -0.132. The molecule has 150 valence electrons. The molecule has 0 saturated heterocycles. The quantitative estimate of drug-likeness (QED) is 0.531. The van der Waals surface area contributed by atoms with E-state index in [1.54, 1.807) is 30.5 Å². The summed E-state index contributed by atoms with van der Waals surface area (Å²) in [5.41, 5.74) is 9.47. The second kappa shape index (κ2) is 9.54. The normalized spacial score (nSPS) is 12.0. The highest BCUT2D eigenvalue weighted by Gasteiger charge is 2.20. The molecule has 1 aromatic heterocycles. The number of hydrogen-bond acceptors (Lipinski definition) is 5.